The molecule has 14 heavy (non-hydrogen) atoms. The third-order valence-electron chi connectivity index (χ3n) is 2.65. The smallest absolute Gasteiger partial charge is 0.0594 e. The number of nitrogens with zero attached hydrogens (tertiary/aromatic N) is 2. The standard InChI is InChI=1S/C10H23N3O/c1-12(4-2-3-11)5-6-13-7-9-14-10-8-13/h2-11H2,1H3. The second-order valence-electron chi connectivity index (χ2n) is 3.90. The van der Waals surface area contributed by atoms with Crippen molar-refractivity contribution in [1.29, 1.82) is 0 Å². The fourth-order valence-corrected chi connectivity index (χ4v) is 1.61. The van der Waals surface area contributed by atoms with Crippen molar-refractivity contribution in [1.82, 2.24) is 9.80 Å². The third kappa shape index (κ3) is 4.91. The van der Waals surface area contributed by atoms with E-state index in [9.17, 15) is 0 Å². The van der Waals surface area contributed by atoms with E-state index in [1.54, 1.807) is 0 Å². The van der Waals surface area contributed by atoms with Crippen LogP contribution in [0.4, 0.5) is 0 Å². The van der Waals surface area contributed by atoms with Gasteiger partial charge in [-0.1, -0.05) is 0 Å². The minimum atomic E-state index is 0.794. The first-order valence-corrected chi connectivity index (χ1v) is 5.51. The van der Waals surface area contributed by atoms with Crippen molar-refractivity contribution in [3.8, 4) is 0 Å². The molecule has 2 N–H and O–H groups in total. The van der Waals surface area contributed by atoms with E-state index in [1.165, 1.54) is 0 Å². The van der Waals surface area contributed by atoms with Crippen molar-refractivity contribution < 1.29 is 4.74 Å². The zero-order valence-corrected chi connectivity index (χ0v) is 9.24. The largest absolute Gasteiger partial charge is 0.379 e. The molecule has 1 aliphatic rings. The molecular formula is C10H23N3O. The summed E-state index contributed by atoms with van der Waals surface area (Å²) < 4.78 is 5.30. The van der Waals surface area contributed by atoms with Crippen LogP contribution in [0, 0.1) is 0 Å². The van der Waals surface area contributed by atoms with Gasteiger partial charge in [-0.2, -0.15) is 0 Å². The maximum Gasteiger partial charge on any atom is 0.0594 e. The molecule has 4 nitrogen and oxygen atoms in total. The van der Waals surface area contributed by atoms with E-state index in [-0.39, 0.29) is 0 Å². The van der Waals surface area contributed by atoms with Gasteiger partial charge in [-0.25, -0.2) is 0 Å². The van der Waals surface area contributed by atoms with Crippen molar-refractivity contribution >= 4 is 0 Å². The van der Waals surface area contributed by atoms with Crippen LogP contribution in [0.15, 0.2) is 0 Å². The maximum absolute atomic E-state index is 5.46. The Labute approximate surface area is 87.0 Å². The number of nitrogens with two attached hydrogens (primary N) is 1. The lowest BCUT2D eigenvalue weighted by molar-refractivity contribution is 0.0345. The molecule has 0 bridgehead atoms. The van der Waals surface area contributed by atoms with Gasteiger partial charge in [0.15, 0.2) is 0 Å². The number of ether oxygens (including phenoxy) is 1. The topological polar surface area (TPSA) is 41.7 Å². The highest BCUT2D eigenvalue weighted by atomic mass is 16.5. The molecule has 0 unspecified atom stereocenters. The molecular weight excluding hydrogens is 178 g/mol. The molecule has 1 fully saturated rings. The fourth-order valence-electron chi connectivity index (χ4n) is 1.61. The van der Waals surface area contributed by atoms with Crippen molar-refractivity contribution in [3.05, 3.63) is 0 Å². The number of hydrogen-bond donors (Lipinski definition) is 1. The van der Waals surface area contributed by atoms with Gasteiger partial charge in [0.05, 0.1) is 13.2 Å². The highest BCUT2D eigenvalue weighted by Crippen LogP contribution is 1.96. The van der Waals surface area contributed by atoms with Gasteiger partial charge in [0, 0.05) is 26.2 Å². The second kappa shape index (κ2) is 7.17. The van der Waals surface area contributed by atoms with E-state index in [2.05, 4.69) is 16.8 Å². The summed E-state index contributed by atoms with van der Waals surface area (Å²) in [6.45, 7) is 8.17. The summed E-state index contributed by atoms with van der Waals surface area (Å²) in [6, 6.07) is 0. The Kier molecular flexibility index (Phi) is 6.10. The Bertz CT molecular complexity index is 137. The molecule has 0 atom stereocenters. The van der Waals surface area contributed by atoms with Crippen molar-refractivity contribution in [2.24, 2.45) is 5.73 Å². The maximum atomic E-state index is 5.46. The molecule has 0 saturated carbocycles. The molecule has 0 spiro atoms. The second-order valence-corrected chi connectivity index (χ2v) is 3.90. The predicted octanol–water partition coefficient (Wildman–Crippen LogP) is -0.401. The molecule has 1 rings (SSSR count). The molecule has 84 valence electrons. The van der Waals surface area contributed by atoms with Crippen LogP contribution in [0.3, 0.4) is 0 Å². The average Bonchev–Trinajstić information content (AvgIpc) is 2.25. The average molecular weight is 201 g/mol. The molecule has 1 saturated heterocycles. The molecule has 0 radical (unpaired) electrons. The summed E-state index contributed by atoms with van der Waals surface area (Å²) in [5.41, 5.74) is 5.46. The van der Waals surface area contributed by atoms with E-state index in [4.69, 9.17) is 10.5 Å². The zero-order valence-electron chi connectivity index (χ0n) is 9.24. The minimum absolute atomic E-state index is 0.794. The van der Waals surface area contributed by atoms with Gasteiger partial charge in [-0.05, 0) is 26.6 Å². The normalized spacial score (nSPS) is 19.1. The lowest BCUT2D eigenvalue weighted by Crippen LogP contribution is -2.40. The summed E-state index contributed by atoms with van der Waals surface area (Å²) in [5, 5.41) is 0. The molecule has 0 aromatic carbocycles. The first-order valence-electron chi connectivity index (χ1n) is 5.51. The van der Waals surface area contributed by atoms with Gasteiger partial charge >= 0.3 is 0 Å². The van der Waals surface area contributed by atoms with E-state index >= 15 is 0 Å². The zero-order chi connectivity index (χ0) is 10.2. The number of hydrogen-bond acceptors (Lipinski definition) is 4. The molecule has 0 aliphatic carbocycles. The molecule has 1 aliphatic heterocycles. The van der Waals surface area contributed by atoms with E-state index < -0.39 is 0 Å². The number of likely N-dealkylation sites (N-methyl/N-ethyl adjacent to an activating group) is 1. The molecule has 0 amide bonds. The quantitative estimate of drug-likeness (QED) is 0.635. The Morgan fingerprint density at radius 1 is 1.29 bits per heavy atom. The van der Waals surface area contributed by atoms with Crippen LogP contribution >= 0.6 is 0 Å². The van der Waals surface area contributed by atoms with Crippen LogP contribution in [0.2, 0.25) is 0 Å². The van der Waals surface area contributed by atoms with Crippen molar-refractivity contribution in [2.45, 2.75) is 6.42 Å². The minimum Gasteiger partial charge on any atom is -0.379 e. The number of rotatable bonds is 6. The van der Waals surface area contributed by atoms with Gasteiger partial charge < -0.3 is 15.4 Å². The Morgan fingerprint density at radius 3 is 2.64 bits per heavy atom. The Morgan fingerprint density at radius 2 is 2.00 bits per heavy atom. The van der Waals surface area contributed by atoms with Crippen LogP contribution in [0.1, 0.15) is 6.42 Å². The molecule has 1 heterocycles. The van der Waals surface area contributed by atoms with Gasteiger partial charge in [-0.15, -0.1) is 0 Å². The summed E-state index contributed by atoms with van der Waals surface area (Å²) in [6.07, 6.45) is 1.10. The monoisotopic (exact) mass is 201 g/mol. The Hall–Kier alpha value is -0.160. The summed E-state index contributed by atoms with van der Waals surface area (Å²) in [4.78, 5) is 4.81. The summed E-state index contributed by atoms with van der Waals surface area (Å²) in [5.74, 6) is 0. The van der Waals surface area contributed by atoms with Crippen LogP contribution in [0.25, 0.3) is 0 Å². The predicted molar refractivity (Wildman–Crippen MR) is 58.4 cm³/mol. The SMILES string of the molecule is CN(CCCN)CCN1CCOCC1. The van der Waals surface area contributed by atoms with Gasteiger partial charge in [0.2, 0.25) is 0 Å². The molecule has 0 aromatic rings. The van der Waals surface area contributed by atoms with Crippen molar-refractivity contribution in [3.63, 3.8) is 0 Å². The lowest BCUT2D eigenvalue weighted by atomic mass is 10.3. The molecule has 4 heteroatoms. The third-order valence-corrected chi connectivity index (χ3v) is 2.65. The highest BCUT2D eigenvalue weighted by Gasteiger charge is 2.10. The first-order chi connectivity index (χ1) is 6.83. The van der Waals surface area contributed by atoms with E-state index in [0.717, 1.165) is 58.9 Å². The fraction of sp³-hybridized carbons (Fsp3) is 1.00. The van der Waals surface area contributed by atoms with Crippen LogP contribution in [-0.2, 0) is 4.74 Å². The summed E-state index contributed by atoms with van der Waals surface area (Å²) in [7, 11) is 2.16. The summed E-state index contributed by atoms with van der Waals surface area (Å²) >= 11 is 0. The van der Waals surface area contributed by atoms with Crippen LogP contribution < -0.4 is 5.73 Å². The highest BCUT2D eigenvalue weighted by molar-refractivity contribution is 4.64. The van der Waals surface area contributed by atoms with E-state index in [0.29, 0.717) is 0 Å². The van der Waals surface area contributed by atoms with Crippen LogP contribution in [0.5, 0.6) is 0 Å². The van der Waals surface area contributed by atoms with Gasteiger partial charge in [-0.3, -0.25) is 4.90 Å². The van der Waals surface area contributed by atoms with Gasteiger partial charge in [0.1, 0.15) is 0 Å². The molecule has 0 aromatic heterocycles. The lowest BCUT2D eigenvalue weighted by Gasteiger charge is -2.28. The van der Waals surface area contributed by atoms with E-state index in [1.807, 2.05) is 0 Å². The van der Waals surface area contributed by atoms with Crippen LogP contribution in [-0.4, -0.2) is 69.3 Å². The Balaban J connectivity index is 2.00. The van der Waals surface area contributed by atoms with Crippen molar-refractivity contribution in [2.75, 3.05) is 59.5 Å². The number of morpholine rings is 1. The van der Waals surface area contributed by atoms with Gasteiger partial charge in [0.25, 0.3) is 0 Å². The first kappa shape index (κ1) is 11.9.